The zero-order chi connectivity index (χ0) is 15.0. The summed E-state index contributed by atoms with van der Waals surface area (Å²) in [5.41, 5.74) is -0.728. The maximum absolute atomic E-state index is 12.5. The van der Waals surface area contributed by atoms with Crippen LogP contribution in [0.5, 0.6) is 5.75 Å². The Morgan fingerprint density at radius 3 is 2.57 bits per heavy atom. The average Bonchev–Trinajstić information content (AvgIpc) is 2.97. The highest BCUT2D eigenvalue weighted by Crippen LogP contribution is 2.20. The van der Waals surface area contributed by atoms with E-state index in [4.69, 9.17) is 4.74 Å². The van der Waals surface area contributed by atoms with Crippen LogP contribution < -0.4 is 10.3 Å². The number of nitrogens with zero attached hydrogens (tertiary/aromatic N) is 3. The minimum atomic E-state index is -3.96. The SMILES string of the molecule is COc1ccc(S(=O)(=O)c2cnc3nc[nH]n3c2=O)cc1. The van der Waals surface area contributed by atoms with Crippen molar-refractivity contribution in [3.8, 4) is 5.75 Å². The molecule has 0 atom stereocenters. The van der Waals surface area contributed by atoms with E-state index in [0.717, 1.165) is 10.7 Å². The van der Waals surface area contributed by atoms with Gasteiger partial charge in [-0.3, -0.25) is 9.89 Å². The van der Waals surface area contributed by atoms with Crippen molar-refractivity contribution in [1.82, 2.24) is 19.6 Å². The molecule has 1 aromatic carbocycles. The summed E-state index contributed by atoms with van der Waals surface area (Å²) in [5, 5.41) is 2.52. The Hall–Kier alpha value is -2.68. The highest BCUT2D eigenvalue weighted by Gasteiger charge is 2.23. The maximum Gasteiger partial charge on any atom is 0.293 e. The van der Waals surface area contributed by atoms with Gasteiger partial charge in [0.05, 0.1) is 18.2 Å². The third kappa shape index (κ3) is 2.07. The molecule has 0 unspecified atom stereocenters. The maximum atomic E-state index is 12.5. The van der Waals surface area contributed by atoms with E-state index in [-0.39, 0.29) is 10.7 Å². The second-order valence-corrected chi connectivity index (χ2v) is 6.05. The lowest BCUT2D eigenvalue weighted by Gasteiger charge is -2.05. The first-order valence-corrected chi connectivity index (χ1v) is 7.32. The predicted molar refractivity (Wildman–Crippen MR) is 72.1 cm³/mol. The molecular formula is C12H10N4O4S. The Morgan fingerprint density at radius 1 is 1.19 bits per heavy atom. The fourth-order valence-electron chi connectivity index (χ4n) is 1.85. The third-order valence-electron chi connectivity index (χ3n) is 2.94. The van der Waals surface area contributed by atoms with Crippen molar-refractivity contribution in [2.45, 2.75) is 9.79 Å². The van der Waals surface area contributed by atoms with Gasteiger partial charge < -0.3 is 4.74 Å². The third-order valence-corrected chi connectivity index (χ3v) is 4.69. The standard InChI is InChI=1S/C12H10N4O4S/c1-20-8-2-4-9(5-3-8)21(18,19)10-6-13-12-14-7-15-16(12)11(10)17/h2-7H,1H3,(H,13,14,15). The van der Waals surface area contributed by atoms with Crippen molar-refractivity contribution >= 4 is 15.6 Å². The number of methoxy groups -OCH3 is 1. The minimum Gasteiger partial charge on any atom is -0.497 e. The van der Waals surface area contributed by atoms with Gasteiger partial charge in [-0.1, -0.05) is 0 Å². The number of aromatic amines is 1. The van der Waals surface area contributed by atoms with Crippen LogP contribution in [-0.2, 0) is 9.84 Å². The van der Waals surface area contributed by atoms with E-state index in [1.54, 1.807) is 0 Å². The molecule has 2 heterocycles. The number of nitrogens with one attached hydrogen (secondary N) is 1. The van der Waals surface area contributed by atoms with E-state index in [2.05, 4.69) is 15.1 Å². The molecule has 9 heteroatoms. The molecule has 8 nitrogen and oxygen atoms in total. The summed E-state index contributed by atoms with van der Waals surface area (Å²) in [6.45, 7) is 0. The van der Waals surface area contributed by atoms with Crippen LogP contribution >= 0.6 is 0 Å². The Labute approximate surface area is 118 Å². The topological polar surface area (TPSA) is 106 Å². The van der Waals surface area contributed by atoms with Gasteiger partial charge in [0, 0.05) is 0 Å². The van der Waals surface area contributed by atoms with Gasteiger partial charge in [-0.25, -0.2) is 18.4 Å². The fourth-order valence-corrected chi connectivity index (χ4v) is 3.11. The number of rotatable bonds is 3. The predicted octanol–water partition coefficient (Wildman–Crippen LogP) is 0.259. The van der Waals surface area contributed by atoms with Crippen LogP contribution in [0.4, 0.5) is 0 Å². The molecule has 21 heavy (non-hydrogen) atoms. The smallest absolute Gasteiger partial charge is 0.293 e. The number of benzene rings is 1. The Morgan fingerprint density at radius 2 is 1.90 bits per heavy atom. The summed E-state index contributed by atoms with van der Waals surface area (Å²) in [5.74, 6) is 0.626. The van der Waals surface area contributed by atoms with E-state index in [1.807, 2.05) is 0 Å². The monoisotopic (exact) mass is 306 g/mol. The van der Waals surface area contributed by atoms with Gasteiger partial charge in [-0.2, -0.15) is 4.52 Å². The lowest BCUT2D eigenvalue weighted by molar-refractivity contribution is 0.414. The molecule has 0 spiro atoms. The van der Waals surface area contributed by atoms with Crippen LogP contribution in [-0.4, -0.2) is 35.1 Å². The molecule has 108 valence electrons. The van der Waals surface area contributed by atoms with Gasteiger partial charge in [0.2, 0.25) is 9.84 Å². The van der Waals surface area contributed by atoms with Crippen LogP contribution in [0.2, 0.25) is 0 Å². The summed E-state index contributed by atoms with van der Waals surface area (Å²) in [4.78, 5) is 19.4. The minimum absolute atomic E-state index is 0.0123. The second kappa shape index (κ2) is 4.70. The van der Waals surface area contributed by atoms with Crippen molar-refractivity contribution in [1.29, 1.82) is 0 Å². The zero-order valence-electron chi connectivity index (χ0n) is 10.8. The highest BCUT2D eigenvalue weighted by atomic mass is 32.2. The zero-order valence-corrected chi connectivity index (χ0v) is 11.7. The first-order chi connectivity index (χ1) is 10.0. The van der Waals surface area contributed by atoms with Crippen molar-refractivity contribution in [3.05, 3.63) is 47.1 Å². The fraction of sp³-hybridized carbons (Fsp3) is 0.0833. The van der Waals surface area contributed by atoms with Crippen LogP contribution in [0.1, 0.15) is 0 Å². The van der Waals surface area contributed by atoms with Crippen molar-refractivity contribution < 1.29 is 13.2 Å². The summed E-state index contributed by atoms with van der Waals surface area (Å²) in [6, 6.07) is 5.75. The summed E-state index contributed by atoms with van der Waals surface area (Å²) in [6.07, 6.45) is 2.27. The van der Waals surface area contributed by atoms with Gasteiger partial charge in [0.25, 0.3) is 11.3 Å². The first-order valence-electron chi connectivity index (χ1n) is 5.84. The molecule has 0 bridgehead atoms. The largest absolute Gasteiger partial charge is 0.497 e. The molecule has 0 fully saturated rings. The van der Waals surface area contributed by atoms with Crippen molar-refractivity contribution in [2.75, 3.05) is 7.11 Å². The number of aromatic nitrogens is 4. The van der Waals surface area contributed by atoms with E-state index in [1.165, 1.54) is 37.7 Å². The van der Waals surface area contributed by atoms with Crippen LogP contribution in [0.15, 0.2) is 51.4 Å². The Bertz CT molecular complexity index is 957. The second-order valence-electron chi connectivity index (χ2n) is 4.13. The molecule has 0 aliphatic heterocycles. The lowest BCUT2D eigenvalue weighted by atomic mass is 10.3. The van der Waals surface area contributed by atoms with E-state index >= 15 is 0 Å². The number of fused-ring (bicyclic) bond motifs is 1. The quantitative estimate of drug-likeness (QED) is 0.744. The van der Waals surface area contributed by atoms with E-state index in [0.29, 0.717) is 5.75 Å². The Kier molecular flexibility index (Phi) is 2.98. The molecule has 2 aromatic heterocycles. The molecule has 0 radical (unpaired) electrons. The molecule has 1 N–H and O–H groups in total. The molecule has 0 saturated carbocycles. The summed E-state index contributed by atoms with van der Waals surface area (Å²) >= 11 is 0. The van der Waals surface area contributed by atoms with Crippen LogP contribution in [0.25, 0.3) is 5.78 Å². The molecule has 0 amide bonds. The molecular weight excluding hydrogens is 296 g/mol. The van der Waals surface area contributed by atoms with Gasteiger partial charge >= 0.3 is 0 Å². The lowest BCUT2D eigenvalue weighted by Crippen LogP contribution is -2.23. The van der Waals surface area contributed by atoms with E-state index < -0.39 is 20.3 Å². The molecule has 3 aromatic rings. The number of hydrogen-bond donors (Lipinski definition) is 1. The first kappa shape index (κ1) is 13.3. The van der Waals surface area contributed by atoms with Gasteiger partial charge in [0.15, 0.2) is 4.90 Å². The normalized spacial score (nSPS) is 11.7. The van der Waals surface area contributed by atoms with Crippen molar-refractivity contribution in [2.24, 2.45) is 0 Å². The van der Waals surface area contributed by atoms with E-state index in [9.17, 15) is 13.2 Å². The number of sulfone groups is 1. The van der Waals surface area contributed by atoms with Crippen molar-refractivity contribution in [3.63, 3.8) is 0 Å². The Balaban J connectivity index is 2.19. The molecule has 0 aliphatic carbocycles. The summed E-state index contributed by atoms with van der Waals surface area (Å²) in [7, 11) is -2.48. The molecule has 0 aliphatic rings. The number of H-pyrrole nitrogens is 1. The highest BCUT2D eigenvalue weighted by molar-refractivity contribution is 7.91. The number of hydrogen-bond acceptors (Lipinski definition) is 6. The van der Waals surface area contributed by atoms with Crippen LogP contribution in [0, 0.1) is 0 Å². The summed E-state index contributed by atoms with van der Waals surface area (Å²) < 4.78 is 30.9. The van der Waals surface area contributed by atoms with Crippen LogP contribution in [0.3, 0.4) is 0 Å². The molecule has 0 saturated heterocycles. The van der Waals surface area contributed by atoms with Gasteiger partial charge in [-0.05, 0) is 24.3 Å². The molecule has 3 rings (SSSR count). The average molecular weight is 306 g/mol. The van der Waals surface area contributed by atoms with Gasteiger partial charge in [0.1, 0.15) is 12.1 Å². The van der Waals surface area contributed by atoms with Gasteiger partial charge in [-0.15, -0.1) is 0 Å². The number of ether oxygens (including phenoxy) is 1.